The molecule has 2 unspecified atom stereocenters. The number of hydrogen-bond acceptors (Lipinski definition) is 9. The molecular formula is C23H14N4O5. The fraction of sp³-hybridized carbons (Fsp3) is 0.0870. The molecule has 6 rings (SSSR count). The molecule has 9 nitrogen and oxygen atoms in total. The number of ether oxygens (including phenoxy) is 2. The van der Waals surface area contributed by atoms with E-state index < -0.39 is 17.0 Å². The molecular weight excluding hydrogens is 412 g/mol. The topological polar surface area (TPSA) is 112 Å². The van der Waals surface area contributed by atoms with Gasteiger partial charge < -0.3 is 18.3 Å². The molecule has 2 atom stereocenters. The van der Waals surface area contributed by atoms with Crippen molar-refractivity contribution in [2.75, 3.05) is 0 Å². The molecule has 2 aromatic carbocycles. The van der Waals surface area contributed by atoms with Crippen molar-refractivity contribution < 1.29 is 23.1 Å². The summed E-state index contributed by atoms with van der Waals surface area (Å²) in [5, 5.41) is 0. The Hall–Kier alpha value is -4.53. The van der Waals surface area contributed by atoms with Crippen molar-refractivity contribution in [3.63, 3.8) is 0 Å². The van der Waals surface area contributed by atoms with Crippen LogP contribution in [0.1, 0.15) is 11.8 Å². The summed E-state index contributed by atoms with van der Waals surface area (Å²) in [4.78, 5) is 31.5. The van der Waals surface area contributed by atoms with Gasteiger partial charge >= 0.3 is 0 Å². The highest BCUT2D eigenvalue weighted by atomic mass is 16.5. The Kier molecular flexibility index (Phi) is 3.85. The van der Waals surface area contributed by atoms with E-state index in [1.54, 1.807) is 24.3 Å². The normalized spacial score (nSPS) is 24.0. The summed E-state index contributed by atoms with van der Waals surface area (Å²) in [5.41, 5.74) is -1.56. The third-order valence-corrected chi connectivity index (χ3v) is 5.21. The maximum absolute atomic E-state index is 14.3. The van der Waals surface area contributed by atoms with Crippen LogP contribution in [0.25, 0.3) is 22.2 Å². The third-order valence-electron chi connectivity index (χ3n) is 5.21. The number of fused-ring (bicyclic) bond motifs is 2. The molecule has 2 aromatic heterocycles. The SMILES string of the molecule is O=C(C1(c2nc3ccccc3o2)C=NC=CO1)C1(c2nc3ccccc3o2)C=NC=CO1. The highest BCUT2D eigenvalue weighted by molar-refractivity contribution is 6.15. The first-order chi connectivity index (χ1) is 15.7. The van der Waals surface area contributed by atoms with Gasteiger partial charge in [0.05, 0.1) is 24.8 Å². The molecule has 0 radical (unpaired) electrons. The predicted molar refractivity (Wildman–Crippen MR) is 114 cm³/mol. The molecule has 0 N–H and O–H groups in total. The van der Waals surface area contributed by atoms with Crippen LogP contribution in [0.5, 0.6) is 0 Å². The minimum absolute atomic E-state index is 0.00107. The van der Waals surface area contributed by atoms with E-state index in [1.807, 2.05) is 24.3 Å². The van der Waals surface area contributed by atoms with Crippen molar-refractivity contribution in [3.05, 3.63) is 85.2 Å². The highest BCUT2D eigenvalue weighted by Crippen LogP contribution is 2.40. The maximum Gasteiger partial charge on any atom is 0.281 e. The number of benzene rings is 2. The number of rotatable bonds is 4. The number of oxazole rings is 2. The summed E-state index contributed by atoms with van der Waals surface area (Å²) in [5.74, 6) is -0.637. The van der Waals surface area contributed by atoms with Crippen LogP contribution in [0.4, 0.5) is 0 Å². The maximum atomic E-state index is 14.3. The molecule has 0 amide bonds. The van der Waals surface area contributed by atoms with E-state index >= 15 is 0 Å². The molecule has 9 heteroatoms. The molecule has 2 aliphatic rings. The zero-order valence-corrected chi connectivity index (χ0v) is 16.4. The lowest BCUT2D eigenvalue weighted by Crippen LogP contribution is -2.54. The van der Waals surface area contributed by atoms with Gasteiger partial charge in [-0.2, -0.15) is 0 Å². The smallest absolute Gasteiger partial charge is 0.281 e. The number of nitrogens with zero attached hydrogens (tertiary/aromatic N) is 4. The number of carbonyl (C=O) groups excluding carboxylic acids is 1. The summed E-state index contributed by atoms with van der Waals surface area (Å²) < 4.78 is 23.5. The van der Waals surface area contributed by atoms with E-state index in [4.69, 9.17) is 18.3 Å². The zero-order chi connectivity index (χ0) is 21.6. The van der Waals surface area contributed by atoms with Crippen LogP contribution in [0, 0.1) is 0 Å². The van der Waals surface area contributed by atoms with Gasteiger partial charge in [0.25, 0.3) is 23.0 Å². The molecule has 32 heavy (non-hydrogen) atoms. The van der Waals surface area contributed by atoms with E-state index in [0.717, 1.165) is 0 Å². The van der Waals surface area contributed by atoms with Gasteiger partial charge in [-0.1, -0.05) is 24.3 Å². The van der Waals surface area contributed by atoms with Crippen molar-refractivity contribution in [1.29, 1.82) is 0 Å². The minimum Gasteiger partial charge on any atom is -0.470 e. The molecule has 0 fully saturated rings. The Morgan fingerprint density at radius 2 is 1.16 bits per heavy atom. The van der Waals surface area contributed by atoms with Gasteiger partial charge in [0.15, 0.2) is 11.2 Å². The van der Waals surface area contributed by atoms with Crippen LogP contribution in [0.3, 0.4) is 0 Å². The summed E-state index contributed by atoms with van der Waals surface area (Å²) in [6.07, 6.45) is 8.05. The Morgan fingerprint density at radius 1 is 0.688 bits per heavy atom. The molecule has 0 aliphatic carbocycles. The van der Waals surface area contributed by atoms with Crippen molar-refractivity contribution >= 4 is 40.4 Å². The molecule has 0 saturated carbocycles. The van der Waals surface area contributed by atoms with Crippen LogP contribution in [-0.2, 0) is 25.5 Å². The second-order valence-electron chi connectivity index (χ2n) is 7.14. The Labute approximate surface area is 180 Å². The summed E-state index contributed by atoms with van der Waals surface area (Å²) in [6.45, 7) is 0. The molecule has 156 valence electrons. The monoisotopic (exact) mass is 426 g/mol. The summed E-state index contributed by atoms with van der Waals surface area (Å²) >= 11 is 0. The molecule has 0 spiro atoms. The van der Waals surface area contributed by atoms with Gasteiger partial charge in [-0.15, -0.1) is 0 Å². The second-order valence-corrected chi connectivity index (χ2v) is 7.14. The van der Waals surface area contributed by atoms with Crippen LogP contribution < -0.4 is 0 Å². The number of para-hydroxylation sites is 4. The number of aliphatic imine (C=N–C) groups is 2. The van der Waals surface area contributed by atoms with Gasteiger partial charge in [-0.3, -0.25) is 14.8 Å². The van der Waals surface area contributed by atoms with E-state index in [2.05, 4.69) is 20.0 Å². The number of aromatic nitrogens is 2. The second kappa shape index (κ2) is 6.74. The lowest BCUT2D eigenvalue weighted by Gasteiger charge is -2.34. The van der Waals surface area contributed by atoms with Gasteiger partial charge in [0, 0.05) is 0 Å². The average molecular weight is 426 g/mol. The van der Waals surface area contributed by atoms with Crippen molar-refractivity contribution in [2.24, 2.45) is 9.98 Å². The fourth-order valence-electron chi connectivity index (χ4n) is 3.67. The van der Waals surface area contributed by atoms with Crippen molar-refractivity contribution in [2.45, 2.75) is 11.2 Å². The van der Waals surface area contributed by atoms with Gasteiger partial charge in [-0.05, 0) is 24.3 Å². The Morgan fingerprint density at radius 3 is 1.56 bits per heavy atom. The minimum atomic E-state index is -1.84. The van der Waals surface area contributed by atoms with Crippen molar-refractivity contribution in [3.8, 4) is 0 Å². The van der Waals surface area contributed by atoms with Crippen LogP contribution >= 0.6 is 0 Å². The number of hydrogen-bond donors (Lipinski definition) is 0. The van der Waals surface area contributed by atoms with E-state index in [0.29, 0.717) is 22.2 Å². The van der Waals surface area contributed by atoms with E-state index in [1.165, 1.54) is 37.4 Å². The zero-order valence-electron chi connectivity index (χ0n) is 16.4. The van der Waals surface area contributed by atoms with E-state index in [9.17, 15) is 4.79 Å². The fourth-order valence-corrected chi connectivity index (χ4v) is 3.67. The van der Waals surface area contributed by atoms with E-state index in [-0.39, 0.29) is 11.8 Å². The van der Waals surface area contributed by atoms with Crippen LogP contribution in [0.15, 0.2) is 92.3 Å². The summed E-state index contributed by atoms with van der Waals surface area (Å²) in [7, 11) is 0. The first kappa shape index (κ1) is 18.3. The van der Waals surface area contributed by atoms with Gasteiger partial charge in [0.2, 0.25) is 5.78 Å². The quantitative estimate of drug-likeness (QED) is 0.488. The largest absolute Gasteiger partial charge is 0.470 e. The number of ketones is 1. The predicted octanol–water partition coefficient (Wildman–Crippen LogP) is 3.77. The van der Waals surface area contributed by atoms with Gasteiger partial charge in [-0.25, -0.2) is 9.97 Å². The molecule has 4 heterocycles. The molecule has 4 aromatic rings. The average Bonchev–Trinajstić information content (AvgIpc) is 3.49. The molecule has 2 aliphatic heterocycles. The van der Waals surface area contributed by atoms with Gasteiger partial charge in [0.1, 0.15) is 23.6 Å². The highest BCUT2D eigenvalue weighted by Gasteiger charge is 2.60. The van der Waals surface area contributed by atoms with Crippen LogP contribution in [-0.4, -0.2) is 28.2 Å². The molecule has 0 saturated heterocycles. The first-order valence-corrected chi connectivity index (χ1v) is 9.73. The lowest BCUT2D eigenvalue weighted by atomic mass is 9.85. The summed E-state index contributed by atoms with van der Waals surface area (Å²) in [6, 6.07) is 14.3. The molecule has 0 bridgehead atoms. The van der Waals surface area contributed by atoms with Crippen molar-refractivity contribution in [1.82, 2.24) is 9.97 Å². The number of carbonyl (C=O) groups is 1. The standard InChI is InChI=1S/C23H14N4O5/c28-19(22(13-24-9-11-29-22)20-26-15-5-1-3-7-17(15)31-20)23(14-25-10-12-30-23)21-27-16-6-2-4-8-18(16)32-21/h1-14H. The number of Topliss-reactive ketones (excluding diaryl/α,β-unsaturated/α-hetero) is 1. The Balaban J connectivity index is 1.56. The third kappa shape index (κ3) is 2.54. The lowest BCUT2D eigenvalue weighted by molar-refractivity contribution is -0.150. The Bertz CT molecular complexity index is 1300. The first-order valence-electron chi connectivity index (χ1n) is 9.73. The van der Waals surface area contributed by atoms with Crippen LogP contribution in [0.2, 0.25) is 0 Å².